The van der Waals surface area contributed by atoms with E-state index in [0.717, 1.165) is 38.8 Å². The lowest BCUT2D eigenvalue weighted by atomic mass is 9.46. The van der Waals surface area contributed by atoms with Crippen molar-refractivity contribution >= 4 is 30.8 Å². The van der Waals surface area contributed by atoms with Crippen LogP contribution in [0.4, 0.5) is 0 Å². The molecule has 1 spiro atoms. The third-order valence-electron chi connectivity index (χ3n) is 7.00. The van der Waals surface area contributed by atoms with Crippen LogP contribution in [0.15, 0.2) is 18.2 Å². The maximum Gasteiger partial charge on any atom is 0.260 e. The number of methoxy groups -OCH3 is 1. The largest absolute Gasteiger partial charge is 0.769 e. The second-order valence-corrected chi connectivity index (χ2v) is 11.7. The first-order chi connectivity index (χ1) is 13.1. The van der Waals surface area contributed by atoms with E-state index in [9.17, 15) is 9.46 Å². The zero-order valence-corrected chi connectivity index (χ0v) is 18.1. The van der Waals surface area contributed by atoms with E-state index in [1.165, 1.54) is 0 Å². The molecule has 154 valence electrons. The van der Waals surface area contributed by atoms with Crippen LogP contribution in [0.1, 0.15) is 37.7 Å². The summed E-state index contributed by atoms with van der Waals surface area (Å²) in [6, 6.07) is 4.94. The highest BCUT2D eigenvalue weighted by Crippen LogP contribution is 2.71. The van der Waals surface area contributed by atoms with Crippen LogP contribution in [0, 0.1) is 17.8 Å². The summed E-state index contributed by atoms with van der Waals surface area (Å²) in [4.78, 5) is 23.1. The molecule has 6 rings (SSSR count). The molecule has 4 aliphatic carbocycles. The summed E-state index contributed by atoms with van der Waals surface area (Å²) < 4.78 is 22.7. The molecule has 4 bridgehead atoms. The van der Waals surface area contributed by atoms with Gasteiger partial charge in [0, 0.05) is 24.2 Å². The fourth-order valence-electron chi connectivity index (χ4n) is 6.30. The summed E-state index contributed by atoms with van der Waals surface area (Å²) in [5, 5.41) is 0.201. The molecule has 1 heterocycles. The summed E-state index contributed by atoms with van der Waals surface area (Å²) in [6.07, 6.45) is 4.84. The maximum absolute atomic E-state index is 11.6. The number of benzene rings is 1. The topological polar surface area (TPSA) is 77.1 Å². The van der Waals surface area contributed by atoms with E-state index in [2.05, 4.69) is 0 Å². The highest BCUT2D eigenvalue weighted by molar-refractivity contribution is 7.50. The quantitative estimate of drug-likeness (QED) is 0.390. The number of ether oxygens (including phenoxy) is 1. The zero-order valence-electron chi connectivity index (χ0n) is 15.7. The molecule has 1 aromatic carbocycles. The van der Waals surface area contributed by atoms with E-state index in [-0.39, 0.29) is 27.5 Å². The van der Waals surface area contributed by atoms with Gasteiger partial charge in [0.25, 0.3) is 5.79 Å². The first-order valence-electron chi connectivity index (χ1n) is 9.50. The average molecular weight is 448 g/mol. The normalized spacial score (nSPS) is 45.7. The van der Waals surface area contributed by atoms with Crippen LogP contribution in [-0.2, 0) is 24.9 Å². The van der Waals surface area contributed by atoms with Crippen molar-refractivity contribution in [1.29, 1.82) is 0 Å². The van der Waals surface area contributed by atoms with E-state index in [0.29, 0.717) is 11.5 Å². The fraction of sp³-hybridized carbons (Fsp3) is 0.684. The lowest BCUT2D eigenvalue weighted by Gasteiger charge is -2.70. The van der Waals surface area contributed by atoms with E-state index < -0.39 is 19.0 Å². The van der Waals surface area contributed by atoms with Crippen LogP contribution < -0.4 is 9.42 Å². The first kappa shape index (κ1) is 19.6. The van der Waals surface area contributed by atoms with Crippen molar-refractivity contribution in [1.82, 2.24) is 0 Å². The van der Waals surface area contributed by atoms with E-state index in [4.69, 9.17) is 42.2 Å². The SMILES string of the molecule is COC1(c2ccc(Cl)c(OP(C)(=O)[O-])c2)OOC12C1CC3CC2CC(Cl)(C3)C1. The Morgan fingerprint density at radius 2 is 1.89 bits per heavy atom. The molecule has 4 unspecified atom stereocenters. The molecule has 4 atom stereocenters. The Morgan fingerprint density at radius 3 is 2.39 bits per heavy atom. The summed E-state index contributed by atoms with van der Waals surface area (Å²) in [6.45, 7) is 1.00. The van der Waals surface area contributed by atoms with Crippen molar-refractivity contribution in [2.75, 3.05) is 13.8 Å². The van der Waals surface area contributed by atoms with Gasteiger partial charge in [-0.1, -0.05) is 17.7 Å². The molecule has 1 aliphatic heterocycles. The number of hydrogen-bond donors (Lipinski definition) is 0. The lowest BCUT2D eigenvalue weighted by Crippen LogP contribution is -2.78. The van der Waals surface area contributed by atoms with Crippen molar-refractivity contribution in [3.05, 3.63) is 28.8 Å². The molecule has 1 aromatic rings. The van der Waals surface area contributed by atoms with Gasteiger partial charge in [-0.05, 0) is 62.0 Å². The van der Waals surface area contributed by atoms with Gasteiger partial charge in [0.1, 0.15) is 5.75 Å². The molecule has 5 aliphatic rings. The van der Waals surface area contributed by atoms with Gasteiger partial charge in [0.15, 0.2) is 13.2 Å². The molecular weight excluding hydrogens is 426 g/mol. The van der Waals surface area contributed by atoms with Crippen molar-refractivity contribution in [2.24, 2.45) is 17.8 Å². The van der Waals surface area contributed by atoms with E-state index in [1.807, 2.05) is 0 Å². The Labute approximate surface area is 173 Å². The Balaban J connectivity index is 1.58. The van der Waals surface area contributed by atoms with E-state index in [1.54, 1.807) is 25.3 Å². The molecule has 0 radical (unpaired) electrons. The third-order valence-corrected chi connectivity index (χ3v) is 8.31. The maximum atomic E-state index is 11.6. The minimum Gasteiger partial charge on any atom is -0.769 e. The Hall–Kier alpha value is -0.330. The van der Waals surface area contributed by atoms with Crippen molar-refractivity contribution in [3.63, 3.8) is 0 Å². The van der Waals surface area contributed by atoms with Gasteiger partial charge in [0.2, 0.25) is 0 Å². The van der Waals surface area contributed by atoms with Crippen LogP contribution in [0.5, 0.6) is 5.75 Å². The zero-order chi connectivity index (χ0) is 19.9. The molecule has 9 heteroatoms. The highest BCUT2D eigenvalue weighted by Gasteiger charge is 2.78. The number of halogens is 2. The van der Waals surface area contributed by atoms with Gasteiger partial charge in [-0.2, -0.15) is 4.89 Å². The Bertz CT molecular complexity index is 852. The molecule has 6 nitrogen and oxygen atoms in total. The molecular formula is C19H22Cl2O6P-. The molecule has 0 amide bonds. The second-order valence-electron chi connectivity index (χ2n) is 8.78. The Morgan fingerprint density at radius 1 is 1.21 bits per heavy atom. The molecule has 28 heavy (non-hydrogen) atoms. The van der Waals surface area contributed by atoms with Crippen molar-refractivity contribution in [2.45, 2.75) is 48.4 Å². The number of hydrogen-bond acceptors (Lipinski definition) is 6. The summed E-state index contributed by atoms with van der Waals surface area (Å²) >= 11 is 13.1. The summed E-state index contributed by atoms with van der Waals surface area (Å²) in [5.74, 6) is -0.0650. The number of alkyl halides is 1. The third kappa shape index (κ3) is 2.59. The lowest BCUT2D eigenvalue weighted by molar-refractivity contribution is -0.645. The van der Waals surface area contributed by atoms with Crippen molar-refractivity contribution in [3.8, 4) is 5.75 Å². The van der Waals surface area contributed by atoms with Gasteiger partial charge < -0.3 is 14.2 Å². The minimum atomic E-state index is -4.02. The van der Waals surface area contributed by atoms with Crippen LogP contribution in [0.25, 0.3) is 0 Å². The summed E-state index contributed by atoms with van der Waals surface area (Å²) in [7, 11) is -2.44. The fourth-order valence-corrected chi connectivity index (χ4v) is 7.61. The van der Waals surface area contributed by atoms with Crippen LogP contribution in [0.3, 0.4) is 0 Å². The second kappa shape index (κ2) is 6.10. The summed E-state index contributed by atoms with van der Waals surface area (Å²) in [5.41, 5.74) is -0.0135. The predicted octanol–water partition coefficient (Wildman–Crippen LogP) is 4.22. The van der Waals surface area contributed by atoms with E-state index >= 15 is 0 Å². The molecule has 5 fully saturated rings. The van der Waals surface area contributed by atoms with Crippen LogP contribution in [0.2, 0.25) is 5.02 Å². The van der Waals surface area contributed by atoms with Crippen molar-refractivity contribution < 1.29 is 28.5 Å². The minimum absolute atomic E-state index is 0.0553. The standard InChI is InChI=1S/C19H23Cl2O6P/c1-24-19(12-3-4-15(20)16(7-12)25-28(2,22)23)18(26-27-19)13-5-11-6-14(18)10-17(21,8-11)9-13/h3-4,7,11,13-14H,5-6,8-10H2,1-2H3,(H,22,23)/p-1. The predicted molar refractivity (Wildman–Crippen MR) is 101 cm³/mol. The van der Waals surface area contributed by atoms with Gasteiger partial charge in [-0.3, -0.25) is 4.57 Å². The van der Waals surface area contributed by atoms with Gasteiger partial charge in [-0.25, -0.2) is 4.89 Å². The monoisotopic (exact) mass is 447 g/mol. The van der Waals surface area contributed by atoms with Crippen LogP contribution in [-0.4, -0.2) is 24.2 Å². The smallest absolute Gasteiger partial charge is 0.260 e. The Kier molecular flexibility index (Phi) is 4.28. The van der Waals surface area contributed by atoms with Gasteiger partial charge in [-0.15, -0.1) is 11.6 Å². The molecule has 1 saturated heterocycles. The van der Waals surface area contributed by atoms with Gasteiger partial charge >= 0.3 is 0 Å². The molecule has 4 saturated carbocycles. The van der Waals surface area contributed by atoms with Crippen LogP contribution >= 0.6 is 30.8 Å². The van der Waals surface area contributed by atoms with Gasteiger partial charge in [0.05, 0.1) is 5.02 Å². The molecule has 0 aromatic heterocycles. The molecule has 0 N–H and O–H groups in total. The number of rotatable bonds is 4. The highest BCUT2D eigenvalue weighted by atomic mass is 35.5. The average Bonchev–Trinajstić information content (AvgIpc) is 2.54. The first-order valence-corrected chi connectivity index (χ1v) is 12.2.